The summed E-state index contributed by atoms with van der Waals surface area (Å²) in [5.41, 5.74) is 16.6. The van der Waals surface area contributed by atoms with E-state index in [9.17, 15) is 0 Å². The summed E-state index contributed by atoms with van der Waals surface area (Å²) in [6.45, 7) is 62.3. The zero-order valence-corrected chi connectivity index (χ0v) is 97.2. The van der Waals surface area contributed by atoms with Gasteiger partial charge in [-0.25, -0.2) is 11.1 Å². The molecule has 0 spiro atoms. The van der Waals surface area contributed by atoms with Crippen LogP contribution in [0.4, 0.5) is 0 Å². The molecule has 0 fully saturated rings. The molecule has 4 heterocycles. The molecule has 13 aromatic carbocycles. The number of rotatable bonds is 1. The molecular formula is C126H200N8Y-2. The Morgan fingerprint density at radius 1 is 0.163 bits per heavy atom. The minimum Gasteiger partial charge on any atom is -0.344 e. The van der Waals surface area contributed by atoms with Gasteiger partial charge in [0.15, 0.2) is 0 Å². The van der Waals surface area contributed by atoms with Crippen LogP contribution in [0.1, 0.15) is 218 Å². The van der Waals surface area contributed by atoms with Gasteiger partial charge in [0.05, 0.1) is 0 Å². The van der Waals surface area contributed by atoms with E-state index in [0.29, 0.717) is 0 Å². The van der Waals surface area contributed by atoms with Gasteiger partial charge in [-0.1, -0.05) is 455 Å². The van der Waals surface area contributed by atoms with E-state index >= 15 is 0 Å². The zero-order chi connectivity index (χ0) is 104. The van der Waals surface area contributed by atoms with Crippen LogP contribution in [0.25, 0.3) is 98.4 Å². The molecule has 0 aliphatic heterocycles. The molecule has 0 atom stereocenters. The molecule has 0 saturated carbocycles. The fourth-order valence-corrected chi connectivity index (χ4v) is 11.2. The van der Waals surface area contributed by atoms with Crippen LogP contribution in [0.15, 0.2) is 334 Å². The number of aryl methyl sites for hydroxylation is 7. The Morgan fingerprint density at radius 2 is 0.267 bits per heavy atom. The van der Waals surface area contributed by atoms with Gasteiger partial charge in [-0.05, 0) is 154 Å². The molecule has 0 unspecified atom stereocenters. The maximum absolute atomic E-state index is 3.15. The fourth-order valence-electron chi connectivity index (χ4n) is 11.2. The van der Waals surface area contributed by atoms with Gasteiger partial charge in [-0.15, -0.1) is 12.1 Å². The zero-order valence-electron chi connectivity index (χ0n) is 94.4. The fraction of sp³-hybridized carbons (Fsp3) is 0.381. The summed E-state index contributed by atoms with van der Waals surface area (Å²) in [7, 11) is 32.5. The van der Waals surface area contributed by atoms with Gasteiger partial charge in [0.1, 0.15) is 0 Å². The van der Waals surface area contributed by atoms with Crippen LogP contribution < -0.4 is 0 Å². The number of fused-ring (bicyclic) bond motifs is 12. The van der Waals surface area contributed by atoms with Gasteiger partial charge in [0.2, 0.25) is 0 Å². The summed E-state index contributed by atoms with van der Waals surface area (Å²) in [5, 5.41) is 10.7. The van der Waals surface area contributed by atoms with Crippen molar-refractivity contribution in [3.8, 4) is 11.1 Å². The summed E-state index contributed by atoms with van der Waals surface area (Å²) in [4.78, 5) is 8.00. The second kappa shape index (κ2) is 104. The van der Waals surface area contributed by atoms with Crippen LogP contribution >= 0.6 is 0 Å². The maximum atomic E-state index is 3.15. The molecule has 0 amide bonds. The van der Waals surface area contributed by atoms with Crippen LogP contribution in [-0.2, 0) is 60.9 Å². The molecule has 17 rings (SSSR count). The van der Waals surface area contributed by atoms with E-state index in [4.69, 9.17) is 0 Å². The van der Waals surface area contributed by atoms with E-state index in [2.05, 4.69) is 310 Å². The topological polar surface area (TPSA) is 32.7 Å². The van der Waals surface area contributed by atoms with Crippen molar-refractivity contribution in [1.29, 1.82) is 0 Å². The molecule has 135 heavy (non-hydrogen) atoms. The first-order valence-corrected chi connectivity index (χ1v) is 49.7. The first kappa shape index (κ1) is 148. The van der Waals surface area contributed by atoms with E-state index < -0.39 is 0 Å². The number of hydrogen-bond acceptors (Lipinski definition) is 4. The minimum absolute atomic E-state index is 0. The van der Waals surface area contributed by atoms with Crippen molar-refractivity contribution >= 4 is 87.2 Å². The summed E-state index contributed by atoms with van der Waals surface area (Å²) in [5.74, 6) is 0. The number of aromatic nitrogens is 4. The van der Waals surface area contributed by atoms with Gasteiger partial charge in [0.25, 0.3) is 0 Å². The van der Waals surface area contributed by atoms with E-state index in [1.54, 1.807) is 0 Å². The Bertz CT molecular complexity index is 4390. The third kappa shape index (κ3) is 63.9. The van der Waals surface area contributed by atoms with E-state index in [0.717, 1.165) is 11.1 Å². The summed E-state index contributed by atoms with van der Waals surface area (Å²) in [6.07, 6.45) is 0. The Labute approximate surface area is 859 Å². The largest absolute Gasteiger partial charge is 0.344 e. The predicted octanol–water partition coefficient (Wildman–Crippen LogP) is 38.0. The molecule has 0 aliphatic carbocycles. The Kier molecular flexibility index (Phi) is 114. The quantitative estimate of drug-likeness (QED) is 0.153. The molecule has 749 valence electrons. The van der Waals surface area contributed by atoms with Crippen LogP contribution in [0.5, 0.6) is 0 Å². The molecule has 1 radical (unpaired) electrons. The Balaban J connectivity index is -0.000000137. The Morgan fingerprint density at radius 3 is 0.363 bits per heavy atom. The van der Waals surface area contributed by atoms with E-state index in [1.807, 2.05) is 401 Å². The Hall–Kier alpha value is -10.00. The average Bonchev–Trinajstić information content (AvgIpc) is 1.65. The number of para-hydroxylation sites is 8. The third-order valence-corrected chi connectivity index (χ3v) is 15.8. The van der Waals surface area contributed by atoms with E-state index in [-0.39, 0.29) is 40.1 Å². The van der Waals surface area contributed by atoms with Crippen molar-refractivity contribution in [2.24, 2.45) is 28.2 Å². The number of hydrogen-bond donors (Lipinski definition) is 0. The standard InChI is InChI=1S/4C13H11N.C12H8.3C7H8.4C3H9N.14C2H6.CH4.Y/c4*1-14-12-8-4-2-6-10(12)11-7-3-5-9-13(11)14;1-3-7-11(8-4-1)12-9-5-2-6-10-12;3*1-7-5-3-2-4-6-7;4*1-4(2)3;14*1-2;;/h4*2-9H,1H3;1-7,9H;3*2-6H,1H3;4*1-3H3;14*1-2H3;1H4;/q;;;;-2;;;;;;;;;;;;;;;;;;;;;;;. The molecule has 4 aromatic heterocycles. The summed E-state index contributed by atoms with van der Waals surface area (Å²) >= 11 is 0. The number of nitrogens with zero attached hydrogens (tertiary/aromatic N) is 8. The van der Waals surface area contributed by atoms with E-state index in [1.165, 1.54) is 104 Å². The smallest absolute Gasteiger partial charge is 0.0488 e. The van der Waals surface area contributed by atoms with Crippen molar-refractivity contribution in [3.05, 3.63) is 362 Å². The predicted molar refractivity (Wildman–Crippen MR) is 629 cm³/mol. The van der Waals surface area contributed by atoms with Gasteiger partial charge in [0, 0.05) is 148 Å². The molecule has 0 N–H and O–H groups in total. The first-order valence-electron chi connectivity index (χ1n) is 49.7. The van der Waals surface area contributed by atoms with Crippen LogP contribution in [0.2, 0.25) is 0 Å². The molecule has 0 saturated heterocycles. The summed E-state index contributed by atoms with van der Waals surface area (Å²) < 4.78 is 8.96. The van der Waals surface area contributed by atoms with Crippen LogP contribution in [-0.4, -0.2) is 122 Å². The van der Waals surface area contributed by atoms with Crippen molar-refractivity contribution in [2.75, 3.05) is 84.6 Å². The van der Waals surface area contributed by atoms with Gasteiger partial charge >= 0.3 is 0 Å². The van der Waals surface area contributed by atoms with Gasteiger partial charge in [-0.3, -0.25) is 0 Å². The second-order valence-electron chi connectivity index (χ2n) is 27.3. The van der Waals surface area contributed by atoms with Gasteiger partial charge in [-0.2, -0.15) is 48.5 Å². The molecule has 0 aliphatic rings. The molecular weight excluding hydrogens is 1710 g/mol. The molecule has 8 nitrogen and oxygen atoms in total. The minimum atomic E-state index is 0. The first-order chi connectivity index (χ1) is 64.6. The second-order valence-corrected chi connectivity index (χ2v) is 27.3. The van der Waals surface area contributed by atoms with Crippen molar-refractivity contribution in [2.45, 2.75) is 222 Å². The molecule has 9 heteroatoms. The average molecular weight is 1920 g/mol. The molecule has 0 bridgehead atoms. The maximum Gasteiger partial charge on any atom is 0.0488 e. The van der Waals surface area contributed by atoms with Crippen molar-refractivity contribution < 1.29 is 32.7 Å². The summed E-state index contributed by atoms with van der Waals surface area (Å²) in [6, 6.07) is 121. The normalized spacial score (nSPS) is 8.56. The van der Waals surface area contributed by atoms with Gasteiger partial charge < -0.3 is 37.9 Å². The van der Waals surface area contributed by atoms with Crippen LogP contribution in [0.3, 0.4) is 0 Å². The monoisotopic (exact) mass is 1910 g/mol. The third-order valence-electron chi connectivity index (χ3n) is 15.8. The molecule has 17 aromatic rings. The van der Waals surface area contributed by atoms with Crippen molar-refractivity contribution in [3.63, 3.8) is 0 Å². The SMILES string of the molecule is C.CC.CC.CC.CC.CC.CC.CC.CC.CC.CC.CC.CC.CC.CC.CN(C)C.CN(C)C.CN(C)C.CN(C)C.Cc1ccccc1.Cc1ccccc1.Cc1ccccc1.Cn1c2ccccc2c2ccccc21.Cn1c2ccccc2c2ccccc21.Cn1c2ccccc2c2ccccc21.Cn1c2ccccc2c2ccccc21.[Y].[c-]1ccccc1-c1[c-]cccc1. The van der Waals surface area contributed by atoms with Crippen molar-refractivity contribution in [1.82, 2.24) is 37.9 Å². The number of benzene rings is 13. The van der Waals surface area contributed by atoms with Crippen LogP contribution in [0, 0.1) is 32.9 Å².